The zero-order valence-corrected chi connectivity index (χ0v) is 11.9. The van der Waals surface area contributed by atoms with Gasteiger partial charge in [0.05, 0.1) is 11.8 Å². The summed E-state index contributed by atoms with van der Waals surface area (Å²) in [5, 5.41) is 19.3. The lowest BCUT2D eigenvalue weighted by molar-refractivity contribution is 0.0742. The summed E-state index contributed by atoms with van der Waals surface area (Å²) in [7, 11) is 0. The minimum absolute atomic E-state index is 0.118. The van der Waals surface area contributed by atoms with E-state index in [-0.39, 0.29) is 23.0 Å². The van der Waals surface area contributed by atoms with Gasteiger partial charge in [-0.3, -0.25) is 9.78 Å². The minimum atomic E-state index is -0.371. The van der Waals surface area contributed by atoms with Crippen LogP contribution in [0.2, 0.25) is 0 Å². The van der Waals surface area contributed by atoms with E-state index in [1.165, 1.54) is 18.2 Å². The number of rotatable bonds is 2. The van der Waals surface area contributed by atoms with Crippen molar-refractivity contribution in [2.24, 2.45) is 0 Å². The lowest BCUT2D eigenvalue weighted by Gasteiger charge is -2.35. The highest BCUT2D eigenvalue weighted by Crippen LogP contribution is 2.29. The number of hydrogen-bond donors (Lipinski definition) is 2. The summed E-state index contributed by atoms with van der Waals surface area (Å²) < 4.78 is 0. The summed E-state index contributed by atoms with van der Waals surface area (Å²) in [5.41, 5.74) is 0.118. The summed E-state index contributed by atoms with van der Waals surface area (Å²) in [6.45, 7) is 2.32. The molecule has 0 atom stereocenters. The number of nitrogens with zero attached hydrogens (tertiary/aromatic N) is 4. The van der Waals surface area contributed by atoms with Crippen LogP contribution in [0.5, 0.6) is 11.5 Å². The molecule has 0 unspecified atom stereocenters. The van der Waals surface area contributed by atoms with E-state index in [0.29, 0.717) is 26.2 Å². The van der Waals surface area contributed by atoms with Crippen LogP contribution in [0, 0.1) is 0 Å². The Bertz CT molecular complexity index is 670. The van der Waals surface area contributed by atoms with Crippen molar-refractivity contribution in [3.63, 3.8) is 0 Å². The van der Waals surface area contributed by atoms with Crippen molar-refractivity contribution in [3.05, 3.63) is 42.4 Å². The molecule has 3 rings (SSSR count). The molecule has 114 valence electrons. The fourth-order valence-electron chi connectivity index (χ4n) is 2.47. The smallest absolute Gasteiger partial charge is 0.257 e. The molecule has 22 heavy (non-hydrogen) atoms. The lowest BCUT2D eigenvalue weighted by atomic mass is 10.1. The maximum Gasteiger partial charge on any atom is 0.257 e. The number of para-hydroxylation sites is 1. The van der Waals surface area contributed by atoms with Gasteiger partial charge in [0.2, 0.25) is 0 Å². The van der Waals surface area contributed by atoms with Gasteiger partial charge < -0.3 is 20.0 Å². The van der Waals surface area contributed by atoms with Gasteiger partial charge in [-0.25, -0.2) is 4.98 Å². The first-order valence-corrected chi connectivity index (χ1v) is 6.98. The van der Waals surface area contributed by atoms with Crippen LogP contribution in [0.4, 0.5) is 5.82 Å². The van der Waals surface area contributed by atoms with Crippen molar-refractivity contribution in [1.82, 2.24) is 14.9 Å². The Morgan fingerprint density at radius 1 is 1.09 bits per heavy atom. The molecule has 2 N–H and O–H groups in total. The zero-order valence-electron chi connectivity index (χ0n) is 11.9. The third-order valence-electron chi connectivity index (χ3n) is 3.69. The molecule has 1 fully saturated rings. The summed E-state index contributed by atoms with van der Waals surface area (Å²) >= 11 is 0. The number of amides is 1. The van der Waals surface area contributed by atoms with Gasteiger partial charge in [0.15, 0.2) is 11.5 Å². The molecule has 0 spiro atoms. The minimum Gasteiger partial charge on any atom is -0.504 e. The monoisotopic (exact) mass is 300 g/mol. The predicted octanol–water partition coefficient (Wildman–Crippen LogP) is 0.850. The van der Waals surface area contributed by atoms with E-state index in [9.17, 15) is 15.0 Å². The molecule has 7 nitrogen and oxygen atoms in total. The molecule has 1 aliphatic rings. The largest absolute Gasteiger partial charge is 0.504 e. The Morgan fingerprint density at radius 3 is 2.55 bits per heavy atom. The number of hydrogen-bond acceptors (Lipinski definition) is 6. The number of benzene rings is 1. The first-order chi connectivity index (χ1) is 10.7. The zero-order chi connectivity index (χ0) is 15.5. The van der Waals surface area contributed by atoms with E-state index in [0.717, 1.165) is 5.82 Å². The molecule has 2 heterocycles. The van der Waals surface area contributed by atoms with Crippen LogP contribution in [-0.2, 0) is 0 Å². The maximum absolute atomic E-state index is 12.4. The van der Waals surface area contributed by atoms with E-state index in [4.69, 9.17) is 0 Å². The highest BCUT2D eigenvalue weighted by molar-refractivity contribution is 5.97. The molecule has 0 bridgehead atoms. The maximum atomic E-state index is 12.4. The molecule has 1 aliphatic heterocycles. The molecule has 0 saturated carbocycles. The molecular weight excluding hydrogens is 284 g/mol. The van der Waals surface area contributed by atoms with E-state index in [1.807, 2.05) is 0 Å². The average molecular weight is 300 g/mol. The number of aromatic hydroxyl groups is 2. The number of phenols is 2. The van der Waals surface area contributed by atoms with Crippen LogP contribution in [0.3, 0.4) is 0 Å². The average Bonchev–Trinajstić information content (AvgIpc) is 2.58. The number of piperazine rings is 1. The van der Waals surface area contributed by atoms with Crippen molar-refractivity contribution >= 4 is 11.7 Å². The van der Waals surface area contributed by atoms with Gasteiger partial charge in [-0.1, -0.05) is 6.07 Å². The summed E-state index contributed by atoms with van der Waals surface area (Å²) in [6.07, 6.45) is 4.95. The molecule has 0 radical (unpaired) electrons. The third kappa shape index (κ3) is 2.65. The van der Waals surface area contributed by atoms with E-state index in [2.05, 4.69) is 14.9 Å². The Labute approximate surface area is 127 Å². The molecule has 7 heteroatoms. The van der Waals surface area contributed by atoms with Crippen LogP contribution >= 0.6 is 0 Å². The van der Waals surface area contributed by atoms with Gasteiger partial charge >= 0.3 is 0 Å². The van der Waals surface area contributed by atoms with Crippen molar-refractivity contribution in [1.29, 1.82) is 0 Å². The molecule has 2 aromatic rings. The number of phenolic OH excluding ortho intramolecular Hbond substituents is 2. The second-order valence-corrected chi connectivity index (χ2v) is 5.02. The Hall–Kier alpha value is -2.83. The summed E-state index contributed by atoms with van der Waals surface area (Å²) in [6, 6.07) is 4.39. The van der Waals surface area contributed by atoms with Gasteiger partial charge in [0, 0.05) is 38.6 Å². The highest BCUT2D eigenvalue weighted by atomic mass is 16.3. The number of carbonyl (C=O) groups excluding carboxylic acids is 1. The number of carbonyl (C=O) groups is 1. The van der Waals surface area contributed by atoms with Crippen LogP contribution in [0.1, 0.15) is 10.4 Å². The van der Waals surface area contributed by atoms with E-state index in [1.54, 1.807) is 23.5 Å². The first kappa shape index (κ1) is 14.1. The Morgan fingerprint density at radius 2 is 1.86 bits per heavy atom. The molecule has 0 aliphatic carbocycles. The molecule has 1 saturated heterocycles. The highest BCUT2D eigenvalue weighted by Gasteiger charge is 2.25. The Balaban J connectivity index is 1.69. The lowest BCUT2D eigenvalue weighted by Crippen LogP contribution is -2.49. The fourth-order valence-corrected chi connectivity index (χ4v) is 2.47. The first-order valence-electron chi connectivity index (χ1n) is 6.98. The standard InChI is InChI=1S/C15H16N4O3/c20-12-3-1-2-11(14(12)21)15(22)19-8-6-18(7-9-19)13-10-16-4-5-17-13/h1-5,10,20-21H,6-9H2. The van der Waals surface area contributed by atoms with Gasteiger partial charge in [-0.2, -0.15) is 0 Å². The van der Waals surface area contributed by atoms with Crippen LogP contribution < -0.4 is 4.90 Å². The van der Waals surface area contributed by atoms with Gasteiger partial charge in [0.1, 0.15) is 5.82 Å². The normalized spacial score (nSPS) is 14.9. The van der Waals surface area contributed by atoms with Crippen LogP contribution in [-0.4, -0.2) is 57.2 Å². The van der Waals surface area contributed by atoms with Crippen molar-refractivity contribution < 1.29 is 15.0 Å². The van der Waals surface area contributed by atoms with E-state index >= 15 is 0 Å². The topological polar surface area (TPSA) is 89.8 Å². The Kier molecular flexibility index (Phi) is 3.78. The van der Waals surface area contributed by atoms with Crippen LogP contribution in [0.15, 0.2) is 36.8 Å². The molecule has 1 amide bonds. The second-order valence-electron chi connectivity index (χ2n) is 5.02. The van der Waals surface area contributed by atoms with Gasteiger partial charge in [-0.05, 0) is 12.1 Å². The van der Waals surface area contributed by atoms with Crippen molar-refractivity contribution in [2.45, 2.75) is 0 Å². The van der Waals surface area contributed by atoms with E-state index < -0.39 is 0 Å². The fraction of sp³-hybridized carbons (Fsp3) is 0.267. The molecule has 1 aromatic carbocycles. The summed E-state index contributed by atoms with van der Waals surface area (Å²) in [4.78, 5) is 24.4. The molecular formula is C15H16N4O3. The molecule has 1 aromatic heterocycles. The summed E-state index contributed by atoms with van der Waals surface area (Å²) in [5.74, 6) is -0.158. The quantitative estimate of drug-likeness (QED) is 0.799. The van der Waals surface area contributed by atoms with Gasteiger partial charge in [0.25, 0.3) is 5.91 Å². The predicted molar refractivity (Wildman–Crippen MR) is 79.9 cm³/mol. The number of anilines is 1. The van der Waals surface area contributed by atoms with Crippen molar-refractivity contribution in [2.75, 3.05) is 31.1 Å². The SMILES string of the molecule is O=C(c1cccc(O)c1O)N1CCN(c2cnccn2)CC1. The van der Waals surface area contributed by atoms with Crippen molar-refractivity contribution in [3.8, 4) is 11.5 Å². The van der Waals surface area contributed by atoms with Crippen LogP contribution in [0.25, 0.3) is 0 Å². The second kappa shape index (κ2) is 5.88. The van der Waals surface area contributed by atoms with Gasteiger partial charge in [-0.15, -0.1) is 0 Å². The number of aromatic nitrogens is 2. The third-order valence-corrected chi connectivity index (χ3v) is 3.69.